The highest BCUT2D eigenvalue weighted by molar-refractivity contribution is 6.35. The monoisotopic (exact) mass is 312 g/mol. The second-order valence-corrected chi connectivity index (χ2v) is 7.97. The van der Waals surface area contributed by atoms with E-state index in [0.717, 1.165) is 45.1 Å². The highest BCUT2D eigenvalue weighted by Crippen LogP contribution is 2.30. The summed E-state index contributed by atoms with van der Waals surface area (Å²) in [6, 6.07) is 5.03. The van der Waals surface area contributed by atoms with E-state index >= 15 is 0 Å². The van der Waals surface area contributed by atoms with Gasteiger partial charge in [0.25, 0.3) is 0 Å². The summed E-state index contributed by atoms with van der Waals surface area (Å²) in [7, 11) is 0.0987. The summed E-state index contributed by atoms with van der Waals surface area (Å²) in [6.07, 6.45) is 2.14. The van der Waals surface area contributed by atoms with Crippen LogP contribution < -0.4 is 15.0 Å². The van der Waals surface area contributed by atoms with E-state index in [9.17, 15) is 8.78 Å². The predicted molar refractivity (Wildman–Crippen MR) is 83.2 cm³/mol. The molecule has 2 saturated heterocycles. The molecular weight excluding hydrogens is 290 g/mol. The molecule has 0 radical (unpaired) electrons. The van der Waals surface area contributed by atoms with Gasteiger partial charge in [0, 0.05) is 47.8 Å². The topological polar surface area (TPSA) is 24.5 Å². The Morgan fingerprint density at radius 2 is 1.81 bits per heavy atom. The number of rotatable bonds is 3. The van der Waals surface area contributed by atoms with E-state index in [-0.39, 0.29) is 21.4 Å². The standard InChI is InChI=1S/C15H22F2N2OSi/c16-12-9-13(17)15(20-11-1-7-21-8-2-11)10-14(12)19-5-3-18-4-6-19/h9-11,18H,1-8,21H2. The zero-order chi connectivity index (χ0) is 14.7. The lowest BCUT2D eigenvalue weighted by molar-refractivity contribution is 0.180. The van der Waals surface area contributed by atoms with Crippen molar-refractivity contribution in [2.75, 3.05) is 31.1 Å². The number of hydrogen-bond donors (Lipinski definition) is 1. The Balaban J connectivity index is 1.79. The van der Waals surface area contributed by atoms with Crippen LogP contribution in [-0.4, -0.2) is 41.8 Å². The molecule has 2 fully saturated rings. The Morgan fingerprint density at radius 3 is 2.52 bits per heavy atom. The van der Waals surface area contributed by atoms with Crippen LogP contribution in [0.2, 0.25) is 12.1 Å². The van der Waals surface area contributed by atoms with Gasteiger partial charge in [-0.25, -0.2) is 8.78 Å². The largest absolute Gasteiger partial charge is 0.487 e. The number of nitrogens with one attached hydrogen (secondary N) is 1. The van der Waals surface area contributed by atoms with E-state index in [1.54, 1.807) is 6.07 Å². The Morgan fingerprint density at radius 1 is 1.10 bits per heavy atom. The maximum atomic E-state index is 14.0. The van der Waals surface area contributed by atoms with E-state index < -0.39 is 11.6 Å². The molecule has 6 heteroatoms. The molecule has 0 saturated carbocycles. The molecule has 0 unspecified atom stereocenters. The predicted octanol–water partition coefficient (Wildman–Crippen LogP) is 1.92. The van der Waals surface area contributed by atoms with Crippen molar-refractivity contribution in [1.29, 1.82) is 0 Å². The van der Waals surface area contributed by atoms with Gasteiger partial charge in [-0.1, -0.05) is 12.1 Å². The van der Waals surface area contributed by atoms with Gasteiger partial charge in [-0.05, 0) is 12.8 Å². The fourth-order valence-corrected chi connectivity index (χ4v) is 4.96. The van der Waals surface area contributed by atoms with E-state index in [0.29, 0.717) is 5.69 Å². The normalized spacial score (nSPS) is 24.3. The molecule has 3 rings (SSSR count). The molecule has 0 amide bonds. The molecule has 1 N–H and O–H groups in total. The molecule has 2 aliphatic heterocycles. The fourth-order valence-electron chi connectivity index (χ4n) is 3.12. The number of ether oxygens (including phenoxy) is 1. The zero-order valence-electron chi connectivity index (χ0n) is 12.2. The molecule has 0 aliphatic carbocycles. The van der Waals surface area contributed by atoms with Crippen LogP contribution in [0, 0.1) is 11.6 Å². The first-order chi connectivity index (χ1) is 10.2. The first-order valence-electron chi connectivity index (χ1n) is 7.85. The first kappa shape index (κ1) is 14.8. The Kier molecular flexibility index (Phi) is 4.75. The van der Waals surface area contributed by atoms with Crippen molar-refractivity contribution in [3.8, 4) is 5.75 Å². The van der Waals surface area contributed by atoms with Crippen molar-refractivity contribution in [2.24, 2.45) is 0 Å². The lowest BCUT2D eigenvalue weighted by atomic mass is 10.2. The van der Waals surface area contributed by atoms with Crippen LogP contribution in [0.4, 0.5) is 14.5 Å². The number of hydrogen-bond acceptors (Lipinski definition) is 3. The van der Waals surface area contributed by atoms with Gasteiger partial charge in [0.2, 0.25) is 0 Å². The average Bonchev–Trinajstić information content (AvgIpc) is 2.52. The van der Waals surface area contributed by atoms with Gasteiger partial charge in [-0.3, -0.25) is 0 Å². The third-order valence-electron chi connectivity index (χ3n) is 4.30. The summed E-state index contributed by atoms with van der Waals surface area (Å²) in [4.78, 5) is 1.95. The van der Waals surface area contributed by atoms with Crippen molar-refractivity contribution < 1.29 is 13.5 Å². The van der Waals surface area contributed by atoms with Gasteiger partial charge < -0.3 is 15.0 Å². The van der Waals surface area contributed by atoms with Crippen molar-refractivity contribution >= 4 is 15.2 Å². The summed E-state index contributed by atoms with van der Waals surface area (Å²) in [6.45, 7) is 3.11. The molecule has 0 bridgehead atoms. The highest BCUT2D eigenvalue weighted by atomic mass is 28.2. The Labute approximate surface area is 126 Å². The molecule has 0 aromatic heterocycles. The minimum Gasteiger partial charge on any atom is -0.487 e. The van der Waals surface area contributed by atoms with Gasteiger partial charge in [0.15, 0.2) is 11.6 Å². The van der Waals surface area contributed by atoms with Gasteiger partial charge in [-0.2, -0.15) is 0 Å². The molecule has 2 heterocycles. The second kappa shape index (κ2) is 6.75. The quantitative estimate of drug-likeness (QED) is 0.863. The van der Waals surface area contributed by atoms with E-state index in [4.69, 9.17) is 4.74 Å². The summed E-state index contributed by atoms with van der Waals surface area (Å²) < 4.78 is 33.8. The number of nitrogens with zero attached hydrogens (tertiary/aromatic N) is 1. The molecular formula is C15H22F2N2OSi. The highest BCUT2D eigenvalue weighted by Gasteiger charge is 2.21. The maximum absolute atomic E-state index is 14.0. The Hall–Kier alpha value is -1.14. The van der Waals surface area contributed by atoms with Crippen molar-refractivity contribution in [3.63, 3.8) is 0 Å². The molecule has 0 atom stereocenters. The maximum Gasteiger partial charge on any atom is 0.168 e. The van der Waals surface area contributed by atoms with Crippen LogP contribution in [0.25, 0.3) is 0 Å². The number of halogens is 2. The van der Waals surface area contributed by atoms with Crippen LogP contribution in [0.1, 0.15) is 12.8 Å². The van der Waals surface area contributed by atoms with Crippen LogP contribution >= 0.6 is 0 Å². The van der Waals surface area contributed by atoms with Crippen LogP contribution in [0.3, 0.4) is 0 Å². The third kappa shape index (κ3) is 3.55. The molecule has 1 aromatic carbocycles. The first-order valence-corrected chi connectivity index (χ1v) is 9.85. The van der Waals surface area contributed by atoms with Crippen molar-refractivity contribution in [3.05, 3.63) is 23.8 Å². The SMILES string of the molecule is Fc1cc(F)c(N2CCNCC2)cc1OC1CC[SiH2]CC1. The van der Waals surface area contributed by atoms with Gasteiger partial charge in [-0.15, -0.1) is 0 Å². The summed E-state index contributed by atoms with van der Waals surface area (Å²) in [5.41, 5.74) is 0.457. The smallest absolute Gasteiger partial charge is 0.168 e. The lowest BCUT2D eigenvalue weighted by Gasteiger charge is -2.30. The van der Waals surface area contributed by atoms with E-state index in [1.807, 2.05) is 4.90 Å². The Bertz CT molecular complexity index is 489. The van der Waals surface area contributed by atoms with Crippen LogP contribution in [0.5, 0.6) is 5.75 Å². The number of piperazine rings is 1. The minimum atomic E-state index is -0.589. The van der Waals surface area contributed by atoms with Gasteiger partial charge in [0.05, 0.1) is 11.8 Å². The number of anilines is 1. The lowest BCUT2D eigenvalue weighted by Crippen LogP contribution is -2.43. The van der Waals surface area contributed by atoms with Crippen molar-refractivity contribution in [2.45, 2.75) is 31.0 Å². The molecule has 0 spiro atoms. The van der Waals surface area contributed by atoms with Crippen LogP contribution in [0.15, 0.2) is 12.1 Å². The molecule has 116 valence electrons. The molecule has 3 nitrogen and oxygen atoms in total. The second-order valence-electron chi connectivity index (χ2n) is 5.85. The summed E-state index contributed by atoms with van der Waals surface area (Å²) in [5, 5.41) is 3.23. The molecule has 1 aromatic rings. The third-order valence-corrected chi connectivity index (χ3v) is 6.12. The summed E-state index contributed by atoms with van der Waals surface area (Å²) >= 11 is 0. The number of benzene rings is 1. The zero-order valence-corrected chi connectivity index (χ0v) is 13.6. The van der Waals surface area contributed by atoms with Gasteiger partial charge >= 0.3 is 0 Å². The minimum absolute atomic E-state index is 0.0987. The van der Waals surface area contributed by atoms with Gasteiger partial charge in [0.1, 0.15) is 5.82 Å². The molecule has 21 heavy (non-hydrogen) atoms. The van der Waals surface area contributed by atoms with Crippen molar-refractivity contribution in [1.82, 2.24) is 5.32 Å². The van der Waals surface area contributed by atoms with E-state index in [1.165, 1.54) is 12.1 Å². The summed E-state index contributed by atoms with van der Waals surface area (Å²) in [5.74, 6) is -0.884. The van der Waals surface area contributed by atoms with Crippen LogP contribution in [-0.2, 0) is 0 Å². The average molecular weight is 312 g/mol. The molecule has 2 aliphatic rings. The van der Waals surface area contributed by atoms with E-state index in [2.05, 4.69) is 5.32 Å². The fraction of sp³-hybridized carbons (Fsp3) is 0.600.